The summed E-state index contributed by atoms with van der Waals surface area (Å²) in [5.74, 6) is -0.212. The highest BCUT2D eigenvalue weighted by Gasteiger charge is 2.20. The number of Topliss-reactive ketones (excluding diaryl/α,β-unsaturated/α-hetero) is 1. The number of esters is 1. The fourth-order valence-electron chi connectivity index (χ4n) is 2.58. The molecule has 0 radical (unpaired) electrons. The van der Waals surface area contributed by atoms with E-state index in [0.717, 1.165) is 19.3 Å². The molecule has 1 aliphatic carbocycles. The van der Waals surface area contributed by atoms with Crippen molar-refractivity contribution in [2.24, 2.45) is 0 Å². The van der Waals surface area contributed by atoms with E-state index in [2.05, 4.69) is 0 Å². The first-order valence-corrected chi connectivity index (χ1v) is 7.95. The SMILES string of the molecule is COc1ccccc1C(=O)COC(=O)c1cc2c(s1)CCC2. The van der Waals surface area contributed by atoms with E-state index in [1.54, 1.807) is 24.3 Å². The first-order chi connectivity index (χ1) is 10.7. The molecule has 0 saturated heterocycles. The molecular formula is C17H16O4S. The molecule has 3 rings (SSSR count). The molecule has 4 nitrogen and oxygen atoms in total. The van der Waals surface area contributed by atoms with E-state index in [1.807, 2.05) is 6.07 Å². The molecule has 2 aromatic rings. The number of ketones is 1. The second kappa shape index (κ2) is 6.32. The van der Waals surface area contributed by atoms with Gasteiger partial charge in [-0.25, -0.2) is 4.79 Å². The van der Waals surface area contributed by atoms with E-state index in [0.29, 0.717) is 16.2 Å². The van der Waals surface area contributed by atoms with Crippen molar-refractivity contribution in [1.29, 1.82) is 0 Å². The average molecular weight is 316 g/mol. The van der Waals surface area contributed by atoms with Crippen molar-refractivity contribution in [2.45, 2.75) is 19.3 Å². The lowest BCUT2D eigenvalue weighted by molar-refractivity contribution is 0.0478. The number of para-hydroxylation sites is 1. The van der Waals surface area contributed by atoms with Crippen LogP contribution in [0.4, 0.5) is 0 Å². The van der Waals surface area contributed by atoms with Gasteiger partial charge in [-0.3, -0.25) is 4.79 Å². The van der Waals surface area contributed by atoms with Crippen molar-refractivity contribution in [2.75, 3.05) is 13.7 Å². The molecule has 0 fully saturated rings. The molecule has 0 bridgehead atoms. The largest absolute Gasteiger partial charge is 0.496 e. The minimum atomic E-state index is -0.428. The Morgan fingerprint density at radius 3 is 2.82 bits per heavy atom. The van der Waals surface area contributed by atoms with E-state index < -0.39 is 5.97 Å². The predicted molar refractivity (Wildman–Crippen MR) is 84.0 cm³/mol. The quantitative estimate of drug-likeness (QED) is 0.627. The van der Waals surface area contributed by atoms with Gasteiger partial charge in [-0.15, -0.1) is 11.3 Å². The summed E-state index contributed by atoms with van der Waals surface area (Å²) in [5.41, 5.74) is 1.67. The van der Waals surface area contributed by atoms with E-state index in [4.69, 9.17) is 9.47 Å². The van der Waals surface area contributed by atoms with Crippen LogP contribution in [0.3, 0.4) is 0 Å². The molecular weight excluding hydrogens is 300 g/mol. The molecule has 5 heteroatoms. The van der Waals surface area contributed by atoms with Gasteiger partial charge in [-0.05, 0) is 43.0 Å². The van der Waals surface area contributed by atoms with Crippen molar-refractivity contribution >= 4 is 23.1 Å². The number of rotatable bonds is 5. The molecule has 0 N–H and O–H groups in total. The Morgan fingerprint density at radius 2 is 2.05 bits per heavy atom. The number of methoxy groups -OCH3 is 1. The molecule has 22 heavy (non-hydrogen) atoms. The zero-order valence-electron chi connectivity index (χ0n) is 12.3. The zero-order valence-corrected chi connectivity index (χ0v) is 13.1. The van der Waals surface area contributed by atoms with Gasteiger partial charge in [-0.2, -0.15) is 0 Å². The number of aryl methyl sites for hydroxylation is 2. The van der Waals surface area contributed by atoms with Gasteiger partial charge in [0.15, 0.2) is 6.61 Å². The van der Waals surface area contributed by atoms with E-state index in [1.165, 1.54) is 28.9 Å². The molecule has 0 aliphatic heterocycles. The van der Waals surface area contributed by atoms with Crippen LogP contribution in [0.15, 0.2) is 30.3 Å². The third kappa shape index (κ3) is 2.90. The number of hydrogen-bond donors (Lipinski definition) is 0. The summed E-state index contributed by atoms with van der Waals surface area (Å²) in [6.07, 6.45) is 3.22. The summed E-state index contributed by atoms with van der Waals surface area (Å²) < 4.78 is 10.3. The van der Waals surface area contributed by atoms with Gasteiger partial charge in [-0.1, -0.05) is 12.1 Å². The van der Waals surface area contributed by atoms with Gasteiger partial charge in [0, 0.05) is 4.88 Å². The average Bonchev–Trinajstić information content (AvgIpc) is 3.13. The van der Waals surface area contributed by atoms with Crippen LogP contribution in [-0.2, 0) is 17.6 Å². The minimum Gasteiger partial charge on any atom is -0.496 e. The van der Waals surface area contributed by atoms with E-state index in [-0.39, 0.29) is 12.4 Å². The predicted octanol–water partition coefficient (Wildman–Crippen LogP) is 3.29. The molecule has 0 spiro atoms. The maximum Gasteiger partial charge on any atom is 0.348 e. The van der Waals surface area contributed by atoms with E-state index >= 15 is 0 Å². The van der Waals surface area contributed by atoms with Crippen LogP contribution in [0.5, 0.6) is 5.75 Å². The molecule has 1 aromatic heterocycles. The molecule has 0 amide bonds. The number of ether oxygens (including phenoxy) is 2. The number of hydrogen-bond acceptors (Lipinski definition) is 5. The summed E-state index contributed by atoms with van der Waals surface area (Å²) in [5, 5.41) is 0. The molecule has 1 heterocycles. The summed E-state index contributed by atoms with van der Waals surface area (Å²) in [6.45, 7) is -0.276. The zero-order chi connectivity index (χ0) is 15.5. The molecule has 1 aromatic carbocycles. The van der Waals surface area contributed by atoms with Crippen molar-refractivity contribution in [3.63, 3.8) is 0 Å². The normalized spacial score (nSPS) is 12.8. The summed E-state index contributed by atoms with van der Waals surface area (Å²) >= 11 is 1.47. The lowest BCUT2D eigenvalue weighted by atomic mass is 10.1. The van der Waals surface area contributed by atoms with Crippen molar-refractivity contribution < 1.29 is 19.1 Å². The van der Waals surface area contributed by atoms with Crippen LogP contribution >= 0.6 is 11.3 Å². The second-order valence-electron chi connectivity index (χ2n) is 5.11. The van der Waals surface area contributed by atoms with Crippen molar-refractivity contribution in [3.05, 3.63) is 51.2 Å². The lowest BCUT2D eigenvalue weighted by Crippen LogP contribution is -2.14. The highest BCUT2D eigenvalue weighted by molar-refractivity contribution is 7.14. The Hall–Kier alpha value is -2.14. The number of carbonyl (C=O) groups is 2. The Morgan fingerprint density at radius 1 is 1.23 bits per heavy atom. The van der Waals surface area contributed by atoms with Crippen LogP contribution in [-0.4, -0.2) is 25.5 Å². The second-order valence-corrected chi connectivity index (χ2v) is 6.25. The Balaban J connectivity index is 1.64. The van der Waals surface area contributed by atoms with Crippen LogP contribution in [0.1, 0.15) is 36.9 Å². The van der Waals surface area contributed by atoms with Gasteiger partial charge in [0.05, 0.1) is 12.7 Å². The topological polar surface area (TPSA) is 52.6 Å². The van der Waals surface area contributed by atoms with Crippen LogP contribution in [0, 0.1) is 0 Å². The molecule has 0 saturated carbocycles. The van der Waals surface area contributed by atoms with Crippen LogP contribution in [0.2, 0.25) is 0 Å². The number of benzene rings is 1. The third-order valence-corrected chi connectivity index (χ3v) is 4.91. The van der Waals surface area contributed by atoms with Gasteiger partial charge >= 0.3 is 5.97 Å². The monoisotopic (exact) mass is 316 g/mol. The third-order valence-electron chi connectivity index (χ3n) is 3.69. The number of carbonyl (C=O) groups excluding carboxylic acids is 2. The summed E-state index contributed by atoms with van der Waals surface area (Å²) in [6, 6.07) is 8.80. The van der Waals surface area contributed by atoms with Gasteiger partial charge < -0.3 is 9.47 Å². The summed E-state index contributed by atoms with van der Waals surface area (Å²) in [7, 11) is 1.51. The maximum absolute atomic E-state index is 12.1. The standard InChI is InChI=1S/C17H16O4S/c1-20-14-7-3-2-6-12(14)13(18)10-21-17(19)16-9-11-5-4-8-15(11)22-16/h2-3,6-7,9H,4-5,8,10H2,1H3. The highest BCUT2D eigenvalue weighted by atomic mass is 32.1. The smallest absolute Gasteiger partial charge is 0.348 e. The van der Waals surface area contributed by atoms with Gasteiger partial charge in [0.25, 0.3) is 0 Å². The highest BCUT2D eigenvalue weighted by Crippen LogP contribution is 2.31. The van der Waals surface area contributed by atoms with E-state index in [9.17, 15) is 9.59 Å². The Kier molecular flexibility index (Phi) is 4.24. The minimum absolute atomic E-state index is 0.269. The number of thiophene rings is 1. The summed E-state index contributed by atoms with van der Waals surface area (Å²) in [4.78, 5) is 26.0. The molecule has 0 unspecified atom stereocenters. The molecule has 0 atom stereocenters. The Bertz CT molecular complexity index is 696. The first kappa shape index (κ1) is 14.8. The lowest BCUT2D eigenvalue weighted by Gasteiger charge is -2.07. The van der Waals surface area contributed by atoms with Gasteiger partial charge in [0.2, 0.25) is 5.78 Å². The number of fused-ring (bicyclic) bond motifs is 1. The van der Waals surface area contributed by atoms with Crippen molar-refractivity contribution in [1.82, 2.24) is 0 Å². The van der Waals surface area contributed by atoms with Gasteiger partial charge in [0.1, 0.15) is 10.6 Å². The maximum atomic E-state index is 12.1. The van der Waals surface area contributed by atoms with Crippen LogP contribution < -0.4 is 4.74 Å². The first-order valence-electron chi connectivity index (χ1n) is 7.14. The Labute approximate surface area is 132 Å². The van der Waals surface area contributed by atoms with Crippen molar-refractivity contribution in [3.8, 4) is 5.75 Å². The fourth-order valence-corrected chi connectivity index (χ4v) is 3.73. The fraction of sp³-hybridized carbons (Fsp3) is 0.294. The molecule has 114 valence electrons. The van der Waals surface area contributed by atoms with Crippen LogP contribution in [0.25, 0.3) is 0 Å². The molecule has 1 aliphatic rings.